The molecule has 0 bridgehead atoms. The molecule has 0 spiro atoms. The maximum atomic E-state index is 12.4. The molecule has 0 saturated heterocycles. The summed E-state index contributed by atoms with van der Waals surface area (Å²) in [6, 6.07) is 9.87. The Morgan fingerprint density at radius 1 is 1.17 bits per heavy atom. The Hall–Kier alpha value is -1.88. The average Bonchev–Trinajstić information content (AvgIpc) is 2.53. The highest BCUT2D eigenvalue weighted by Gasteiger charge is 2.18. The van der Waals surface area contributed by atoms with Gasteiger partial charge in [0.15, 0.2) is 0 Å². The first-order valence-electron chi connectivity index (χ1n) is 8.33. The van der Waals surface area contributed by atoms with Gasteiger partial charge in [-0.1, -0.05) is 43.7 Å². The molecule has 4 N–H and O–H groups in total. The molecule has 5 nitrogen and oxygen atoms in total. The van der Waals surface area contributed by atoms with Crippen molar-refractivity contribution >= 4 is 11.8 Å². The van der Waals surface area contributed by atoms with Crippen LogP contribution in [0.3, 0.4) is 0 Å². The molecule has 1 atom stereocenters. The summed E-state index contributed by atoms with van der Waals surface area (Å²) in [6.07, 6.45) is 4.10. The van der Waals surface area contributed by atoms with Crippen molar-refractivity contribution in [1.29, 1.82) is 0 Å². The lowest BCUT2D eigenvalue weighted by Gasteiger charge is -2.25. The van der Waals surface area contributed by atoms with Crippen LogP contribution in [0.4, 0.5) is 0 Å². The highest BCUT2D eigenvalue weighted by atomic mass is 16.2. The number of benzene rings is 1. The Morgan fingerprint density at radius 3 is 2.48 bits per heavy atom. The number of nitrogens with zero attached hydrogens (tertiary/aromatic N) is 1. The van der Waals surface area contributed by atoms with Gasteiger partial charge in [-0.25, -0.2) is 0 Å². The molecular formula is C18H29N3O2. The third-order valence-electron chi connectivity index (χ3n) is 3.85. The number of nitrogens with two attached hydrogens (primary N) is 2. The number of hydrogen-bond acceptors (Lipinski definition) is 3. The number of amides is 2. The number of unbranched alkanes of at least 4 members (excludes halogenated alkanes) is 1. The summed E-state index contributed by atoms with van der Waals surface area (Å²) in [7, 11) is 0. The van der Waals surface area contributed by atoms with Crippen LogP contribution in [0.5, 0.6) is 0 Å². The molecule has 1 aromatic rings. The number of hydrogen-bond donors (Lipinski definition) is 2. The first-order valence-corrected chi connectivity index (χ1v) is 8.33. The minimum atomic E-state index is -0.466. The zero-order valence-corrected chi connectivity index (χ0v) is 14.0. The summed E-state index contributed by atoms with van der Waals surface area (Å²) < 4.78 is 0. The van der Waals surface area contributed by atoms with Crippen LogP contribution >= 0.6 is 0 Å². The maximum absolute atomic E-state index is 12.4. The third-order valence-corrected chi connectivity index (χ3v) is 3.85. The van der Waals surface area contributed by atoms with Crippen molar-refractivity contribution in [3.05, 3.63) is 35.9 Å². The van der Waals surface area contributed by atoms with Crippen LogP contribution in [0.25, 0.3) is 0 Å². The van der Waals surface area contributed by atoms with Crippen LogP contribution in [-0.2, 0) is 16.0 Å². The molecule has 5 heteroatoms. The zero-order valence-electron chi connectivity index (χ0n) is 14.0. The molecule has 0 saturated carbocycles. The molecule has 128 valence electrons. The summed E-state index contributed by atoms with van der Waals surface area (Å²) in [6.45, 7) is 3.35. The highest BCUT2D eigenvalue weighted by molar-refractivity contribution is 5.83. The highest BCUT2D eigenvalue weighted by Crippen LogP contribution is 2.11. The second kappa shape index (κ2) is 10.8. The van der Waals surface area contributed by atoms with Gasteiger partial charge in [0.25, 0.3) is 0 Å². The maximum Gasteiger partial charge on any atom is 0.237 e. The van der Waals surface area contributed by atoms with Gasteiger partial charge in [-0.05, 0) is 37.3 Å². The van der Waals surface area contributed by atoms with Crippen LogP contribution in [-0.4, -0.2) is 36.3 Å². The van der Waals surface area contributed by atoms with Crippen molar-refractivity contribution in [2.75, 3.05) is 19.6 Å². The monoisotopic (exact) mass is 319 g/mol. The van der Waals surface area contributed by atoms with Crippen molar-refractivity contribution in [2.45, 2.75) is 39.0 Å². The van der Waals surface area contributed by atoms with Crippen molar-refractivity contribution in [3.63, 3.8) is 0 Å². The van der Waals surface area contributed by atoms with Gasteiger partial charge in [-0.15, -0.1) is 0 Å². The lowest BCUT2D eigenvalue weighted by atomic mass is 10.0. The Kier molecular flexibility index (Phi) is 8.98. The molecular weight excluding hydrogens is 290 g/mol. The lowest BCUT2D eigenvalue weighted by Crippen LogP contribution is -2.41. The van der Waals surface area contributed by atoms with Gasteiger partial charge in [-0.2, -0.15) is 0 Å². The van der Waals surface area contributed by atoms with Gasteiger partial charge >= 0.3 is 0 Å². The fourth-order valence-corrected chi connectivity index (χ4v) is 2.60. The summed E-state index contributed by atoms with van der Waals surface area (Å²) in [5.41, 5.74) is 11.9. The summed E-state index contributed by atoms with van der Waals surface area (Å²) in [5, 5.41) is 0. The van der Waals surface area contributed by atoms with Gasteiger partial charge in [0.2, 0.25) is 11.8 Å². The van der Waals surface area contributed by atoms with Gasteiger partial charge in [0.1, 0.15) is 0 Å². The molecule has 1 rings (SSSR count). The molecule has 0 aliphatic carbocycles. The number of rotatable bonds is 11. The van der Waals surface area contributed by atoms with E-state index in [1.165, 1.54) is 0 Å². The van der Waals surface area contributed by atoms with E-state index in [4.69, 9.17) is 11.5 Å². The molecule has 0 aliphatic heterocycles. The van der Waals surface area contributed by atoms with Crippen molar-refractivity contribution in [1.82, 2.24) is 4.90 Å². The number of aryl methyl sites for hydroxylation is 1. The van der Waals surface area contributed by atoms with Crippen LogP contribution < -0.4 is 11.5 Å². The first kappa shape index (κ1) is 19.2. The largest absolute Gasteiger partial charge is 0.368 e. The van der Waals surface area contributed by atoms with E-state index in [0.29, 0.717) is 31.8 Å². The number of primary amides is 1. The second-order valence-electron chi connectivity index (χ2n) is 6.12. The molecule has 23 heavy (non-hydrogen) atoms. The van der Waals surface area contributed by atoms with E-state index >= 15 is 0 Å². The molecule has 2 amide bonds. The quantitative estimate of drug-likeness (QED) is 0.608. The number of carbonyl (C=O) groups is 2. The Morgan fingerprint density at radius 2 is 1.87 bits per heavy atom. The van der Waals surface area contributed by atoms with Crippen molar-refractivity contribution in [2.24, 2.45) is 17.4 Å². The van der Waals surface area contributed by atoms with E-state index in [1.807, 2.05) is 30.3 Å². The lowest BCUT2D eigenvalue weighted by molar-refractivity contribution is -0.135. The van der Waals surface area contributed by atoms with E-state index < -0.39 is 5.91 Å². The first-order chi connectivity index (χ1) is 11.0. The van der Waals surface area contributed by atoms with Crippen LogP contribution in [0.1, 0.15) is 38.2 Å². The van der Waals surface area contributed by atoms with E-state index in [-0.39, 0.29) is 12.5 Å². The van der Waals surface area contributed by atoms with Crippen LogP contribution in [0, 0.1) is 5.92 Å². The van der Waals surface area contributed by atoms with Gasteiger partial charge in [-0.3, -0.25) is 9.59 Å². The minimum absolute atomic E-state index is 0.00511. The fraction of sp³-hybridized carbons (Fsp3) is 0.556. The molecule has 0 heterocycles. The molecule has 1 aromatic carbocycles. The second-order valence-corrected chi connectivity index (χ2v) is 6.12. The van der Waals surface area contributed by atoms with E-state index in [9.17, 15) is 9.59 Å². The van der Waals surface area contributed by atoms with E-state index in [1.54, 1.807) is 4.90 Å². The normalized spacial score (nSPS) is 11.9. The molecule has 0 fully saturated rings. The Bertz CT molecular complexity index is 476. The smallest absolute Gasteiger partial charge is 0.237 e. The standard InChI is InChI=1S/C18H29N3O2/c1-15(7-5-6-12-19)13-21(14-17(20)22)18(23)11-10-16-8-3-2-4-9-16/h2-4,8-9,15H,5-7,10-14,19H2,1H3,(H2,20,22)/t15-/m0/s1. The Balaban J connectivity index is 2.51. The predicted molar refractivity (Wildman–Crippen MR) is 92.6 cm³/mol. The summed E-state index contributed by atoms with van der Waals surface area (Å²) >= 11 is 0. The minimum Gasteiger partial charge on any atom is -0.368 e. The van der Waals surface area contributed by atoms with Crippen molar-refractivity contribution < 1.29 is 9.59 Å². The summed E-state index contributed by atoms with van der Waals surface area (Å²) in [4.78, 5) is 25.3. The zero-order chi connectivity index (χ0) is 17.1. The van der Waals surface area contributed by atoms with Gasteiger partial charge in [0.05, 0.1) is 6.54 Å². The van der Waals surface area contributed by atoms with Crippen LogP contribution in [0.15, 0.2) is 30.3 Å². The molecule has 0 radical (unpaired) electrons. The average molecular weight is 319 g/mol. The molecule has 0 aromatic heterocycles. The predicted octanol–water partition coefficient (Wildman–Crippen LogP) is 1.70. The third kappa shape index (κ3) is 8.35. The molecule has 0 aliphatic rings. The fourth-order valence-electron chi connectivity index (χ4n) is 2.60. The topological polar surface area (TPSA) is 89.4 Å². The van der Waals surface area contributed by atoms with Crippen LogP contribution in [0.2, 0.25) is 0 Å². The van der Waals surface area contributed by atoms with Gasteiger partial charge < -0.3 is 16.4 Å². The SMILES string of the molecule is C[C@@H](CCCCN)CN(CC(N)=O)C(=O)CCc1ccccc1. The Labute approximate surface area is 139 Å². The van der Waals surface area contributed by atoms with E-state index in [0.717, 1.165) is 24.8 Å². The number of carbonyl (C=O) groups excluding carboxylic acids is 2. The summed E-state index contributed by atoms with van der Waals surface area (Å²) in [5.74, 6) is -0.146. The molecule has 0 unspecified atom stereocenters. The van der Waals surface area contributed by atoms with E-state index in [2.05, 4.69) is 6.92 Å². The van der Waals surface area contributed by atoms with Gasteiger partial charge in [0, 0.05) is 13.0 Å². The van der Waals surface area contributed by atoms with Crippen molar-refractivity contribution in [3.8, 4) is 0 Å².